The molecule has 3 aromatic rings. The van der Waals surface area contributed by atoms with Crippen LogP contribution >= 0.6 is 0 Å². The Balaban J connectivity index is 1.63. The Kier molecular flexibility index (Phi) is 5.25. The first kappa shape index (κ1) is 19.1. The van der Waals surface area contributed by atoms with Crippen molar-refractivity contribution in [3.8, 4) is 17.2 Å². The number of aromatic nitrogens is 1. The van der Waals surface area contributed by atoms with Gasteiger partial charge in [-0.1, -0.05) is 12.1 Å². The number of nitrogens with zero attached hydrogens (tertiary/aromatic N) is 2. The van der Waals surface area contributed by atoms with Crippen LogP contribution in [0, 0.1) is 0 Å². The number of benzene rings is 2. The molecule has 0 bridgehead atoms. The zero-order valence-corrected chi connectivity index (χ0v) is 16.8. The number of pyridine rings is 1. The summed E-state index contributed by atoms with van der Waals surface area (Å²) in [6.07, 6.45) is 1.86. The number of carbonyl (C=O) groups is 1. The Hall–Kier alpha value is -3.28. The first-order chi connectivity index (χ1) is 14.1. The molecule has 0 spiro atoms. The van der Waals surface area contributed by atoms with E-state index in [-0.39, 0.29) is 11.9 Å². The van der Waals surface area contributed by atoms with Gasteiger partial charge in [-0.15, -0.1) is 0 Å². The lowest BCUT2D eigenvalue weighted by atomic mass is 10.0. The van der Waals surface area contributed by atoms with E-state index >= 15 is 0 Å². The van der Waals surface area contributed by atoms with Gasteiger partial charge < -0.3 is 19.1 Å². The standard InChI is InChI=1S/C23H24N2O4/c1-27-17-8-10-18-15(13-17)6-9-19(24-18)23(26)25-12-4-5-20(25)16-7-11-21(28-2)22(14-16)29-3/h6-11,13-14,20H,4-5,12H2,1-3H3/t20-/m0/s1. The molecule has 150 valence electrons. The number of amides is 1. The zero-order valence-electron chi connectivity index (χ0n) is 16.8. The summed E-state index contributed by atoms with van der Waals surface area (Å²) in [5.74, 6) is 2.06. The van der Waals surface area contributed by atoms with E-state index in [1.807, 2.05) is 47.4 Å². The van der Waals surface area contributed by atoms with Crippen LogP contribution in [-0.2, 0) is 0 Å². The first-order valence-electron chi connectivity index (χ1n) is 9.62. The molecule has 0 radical (unpaired) electrons. The molecule has 1 atom stereocenters. The van der Waals surface area contributed by atoms with Gasteiger partial charge in [-0.05, 0) is 54.8 Å². The Morgan fingerprint density at radius 3 is 2.55 bits per heavy atom. The second kappa shape index (κ2) is 7.99. The molecule has 2 heterocycles. The van der Waals surface area contributed by atoms with Crippen LogP contribution in [0.25, 0.3) is 10.9 Å². The smallest absolute Gasteiger partial charge is 0.272 e. The molecule has 0 N–H and O–H groups in total. The lowest BCUT2D eigenvalue weighted by Gasteiger charge is -2.25. The average molecular weight is 392 g/mol. The van der Waals surface area contributed by atoms with Gasteiger partial charge in [-0.3, -0.25) is 4.79 Å². The molecule has 1 aromatic heterocycles. The molecule has 1 aliphatic heterocycles. The maximum Gasteiger partial charge on any atom is 0.272 e. The molecule has 2 aromatic carbocycles. The van der Waals surface area contributed by atoms with E-state index in [1.54, 1.807) is 27.4 Å². The molecule has 0 unspecified atom stereocenters. The van der Waals surface area contributed by atoms with Gasteiger partial charge in [0.05, 0.1) is 32.9 Å². The van der Waals surface area contributed by atoms with Crippen LogP contribution in [0.5, 0.6) is 17.2 Å². The molecule has 1 aliphatic rings. The van der Waals surface area contributed by atoms with Gasteiger partial charge in [0, 0.05) is 11.9 Å². The summed E-state index contributed by atoms with van der Waals surface area (Å²) in [6.45, 7) is 0.709. The fourth-order valence-electron chi connectivity index (χ4n) is 3.91. The third-order valence-corrected chi connectivity index (χ3v) is 5.42. The van der Waals surface area contributed by atoms with Crippen molar-refractivity contribution < 1.29 is 19.0 Å². The highest BCUT2D eigenvalue weighted by molar-refractivity contribution is 5.95. The Morgan fingerprint density at radius 1 is 0.966 bits per heavy atom. The Labute approximate surface area is 170 Å². The maximum absolute atomic E-state index is 13.3. The van der Waals surface area contributed by atoms with Crippen molar-refractivity contribution in [2.24, 2.45) is 0 Å². The van der Waals surface area contributed by atoms with Crippen LogP contribution in [0.15, 0.2) is 48.5 Å². The first-order valence-corrected chi connectivity index (χ1v) is 9.62. The van der Waals surface area contributed by atoms with Gasteiger partial charge in [0.2, 0.25) is 0 Å². The minimum atomic E-state index is -0.0556. The number of hydrogen-bond acceptors (Lipinski definition) is 5. The molecular formula is C23H24N2O4. The third kappa shape index (κ3) is 3.58. The molecular weight excluding hydrogens is 368 g/mol. The molecule has 0 saturated carbocycles. The summed E-state index contributed by atoms with van der Waals surface area (Å²) in [7, 11) is 4.87. The minimum absolute atomic E-state index is 0.00401. The zero-order chi connectivity index (χ0) is 20.4. The van der Waals surface area contributed by atoms with Crippen LogP contribution in [-0.4, -0.2) is 43.7 Å². The molecule has 6 nitrogen and oxygen atoms in total. The van der Waals surface area contributed by atoms with Crippen molar-refractivity contribution >= 4 is 16.8 Å². The molecule has 0 aliphatic carbocycles. The highest BCUT2D eigenvalue weighted by Gasteiger charge is 2.31. The van der Waals surface area contributed by atoms with Crippen LogP contribution < -0.4 is 14.2 Å². The number of likely N-dealkylation sites (tertiary alicyclic amines) is 1. The third-order valence-electron chi connectivity index (χ3n) is 5.42. The van der Waals surface area contributed by atoms with Crippen LogP contribution in [0.2, 0.25) is 0 Å². The SMILES string of the molecule is COc1ccc2nc(C(=O)N3CCC[C@H]3c3ccc(OC)c(OC)c3)ccc2c1. The highest BCUT2D eigenvalue weighted by Crippen LogP contribution is 2.37. The number of fused-ring (bicyclic) bond motifs is 1. The lowest BCUT2D eigenvalue weighted by Crippen LogP contribution is -2.31. The van der Waals surface area contributed by atoms with Gasteiger partial charge in [-0.2, -0.15) is 0 Å². The summed E-state index contributed by atoms with van der Waals surface area (Å²) in [5.41, 5.74) is 2.27. The monoisotopic (exact) mass is 392 g/mol. The number of ether oxygens (including phenoxy) is 3. The average Bonchev–Trinajstić information content (AvgIpc) is 3.27. The van der Waals surface area contributed by atoms with Crippen LogP contribution in [0.3, 0.4) is 0 Å². The highest BCUT2D eigenvalue weighted by atomic mass is 16.5. The van der Waals surface area contributed by atoms with E-state index in [1.165, 1.54) is 0 Å². The predicted octanol–water partition coefficient (Wildman–Crippen LogP) is 4.24. The number of methoxy groups -OCH3 is 3. The van der Waals surface area contributed by atoms with Gasteiger partial charge in [-0.25, -0.2) is 4.98 Å². The Bertz CT molecular complexity index is 1050. The van der Waals surface area contributed by atoms with Gasteiger partial charge in [0.1, 0.15) is 11.4 Å². The van der Waals surface area contributed by atoms with Crippen molar-refractivity contribution in [1.82, 2.24) is 9.88 Å². The molecule has 4 rings (SSSR count). The van der Waals surface area contributed by atoms with Crippen molar-refractivity contribution in [3.63, 3.8) is 0 Å². The second-order valence-electron chi connectivity index (χ2n) is 7.03. The predicted molar refractivity (Wildman–Crippen MR) is 111 cm³/mol. The number of hydrogen-bond donors (Lipinski definition) is 0. The normalized spacial score (nSPS) is 16.1. The second-order valence-corrected chi connectivity index (χ2v) is 7.03. The topological polar surface area (TPSA) is 60.9 Å². The van der Waals surface area contributed by atoms with Gasteiger partial charge in [0.25, 0.3) is 5.91 Å². The molecule has 29 heavy (non-hydrogen) atoms. The molecule has 1 saturated heterocycles. The fraction of sp³-hybridized carbons (Fsp3) is 0.304. The van der Waals surface area contributed by atoms with E-state index in [4.69, 9.17) is 14.2 Å². The summed E-state index contributed by atoms with van der Waals surface area (Å²) in [5, 5.41) is 0.943. The maximum atomic E-state index is 13.3. The largest absolute Gasteiger partial charge is 0.497 e. The van der Waals surface area contributed by atoms with Crippen molar-refractivity contribution in [1.29, 1.82) is 0 Å². The Morgan fingerprint density at radius 2 is 1.79 bits per heavy atom. The van der Waals surface area contributed by atoms with Crippen molar-refractivity contribution in [3.05, 3.63) is 59.8 Å². The van der Waals surface area contributed by atoms with E-state index < -0.39 is 0 Å². The summed E-state index contributed by atoms with van der Waals surface area (Å²) in [4.78, 5) is 19.8. The van der Waals surface area contributed by atoms with Crippen LogP contribution in [0.1, 0.15) is 34.9 Å². The number of carbonyl (C=O) groups excluding carboxylic acids is 1. The fourth-order valence-corrected chi connectivity index (χ4v) is 3.91. The summed E-state index contributed by atoms with van der Waals surface area (Å²) < 4.78 is 16.0. The van der Waals surface area contributed by atoms with Gasteiger partial charge in [0.15, 0.2) is 11.5 Å². The van der Waals surface area contributed by atoms with E-state index in [2.05, 4.69) is 4.98 Å². The van der Waals surface area contributed by atoms with E-state index in [0.717, 1.165) is 35.1 Å². The summed E-state index contributed by atoms with van der Waals surface area (Å²) >= 11 is 0. The van der Waals surface area contributed by atoms with Crippen molar-refractivity contribution in [2.45, 2.75) is 18.9 Å². The quantitative estimate of drug-likeness (QED) is 0.650. The molecule has 6 heteroatoms. The van der Waals surface area contributed by atoms with E-state index in [9.17, 15) is 4.79 Å². The van der Waals surface area contributed by atoms with Gasteiger partial charge >= 0.3 is 0 Å². The number of rotatable bonds is 5. The van der Waals surface area contributed by atoms with Crippen LogP contribution in [0.4, 0.5) is 0 Å². The van der Waals surface area contributed by atoms with E-state index in [0.29, 0.717) is 23.7 Å². The van der Waals surface area contributed by atoms with Crippen molar-refractivity contribution in [2.75, 3.05) is 27.9 Å². The molecule has 1 fully saturated rings. The minimum Gasteiger partial charge on any atom is -0.497 e. The molecule has 1 amide bonds. The lowest BCUT2D eigenvalue weighted by molar-refractivity contribution is 0.0730. The summed E-state index contributed by atoms with van der Waals surface area (Å²) in [6, 6.07) is 15.2.